The summed E-state index contributed by atoms with van der Waals surface area (Å²) in [7, 11) is 0. The Morgan fingerprint density at radius 2 is 1.74 bits per heavy atom. The molecule has 2 heterocycles. The Labute approximate surface area is 200 Å². The first-order valence-electron chi connectivity index (χ1n) is 10.7. The molecule has 1 N–H and O–H groups in total. The fourth-order valence-corrected chi connectivity index (χ4v) is 3.92. The summed E-state index contributed by atoms with van der Waals surface area (Å²) in [4.78, 5) is 30.8. The minimum Gasteiger partial charge on any atom is -0.459 e. The molecule has 0 unspecified atom stereocenters. The third-order valence-electron chi connectivity index (χ3n) is 5.50. The minimum absolute atomic E-state index is 0.181. The van der Waals surface area contributed by atoms with Gasteiger partial charge in [-0.1, -0.05) is 54.1 Å². The first-order valence-corrected chi connectivity index (χ1v) is 11.1. The van der Waals surface area contributed by atoms with Crippen molar-refractivity contribution in [3.63, 3.8) is 0 Å². The molecule has 0 aliphatic rings. The summed E-state index contributed by atoms with van der Waals surface area (Å²) in [5.41, 5.74) is 2.87. The fraction of sp³-hybridized carbons (Fsp3) is 0.0741. The van der Waals surface area contributed by atoms with E-state index in [1.54, 1.807) is 47.0 Å². The fourth-order valence-electron chi connectivity index (χ4n) is 3.79. The van der Waals surface area contributed by atoms with Crippen LogP contribution in [0.3, 0.4) is 0 Å². The molecule has 0 saturated heterocycles. The van der Waals surface area contributed by atoms with Gasteiger partial charge >= 0.3 is 0 Å². The van der Waals surface area contributed by atoms with Crippen LogP contribution in [0.1, 0.15) is 27.5 Å². The molecule has 5 rings (SSSR count). The van der Waals surface area contributed by atoms with Gasteiger partial charge in [0, 0.05) is 17.1 Å². The van der Waals surface area contributed by atoms with Gasteiger partial charge in [-0.15, -0.1) is 0 Å². The number of halogens is 1. The molecule has 0 fully saturated rings. The highest BCUT2D eigenvalue weighted by molar-refractivity contribution is 6.30. The minimum atomic E-state index is -0.389. The predicted octanol–water partition coefficient (Wildman–Crippen LogP) is 5.53. The van der Waals surface area contributed by atoms with E-state index in [0.29, 0.717) is 40.4 Å². The molecule has 6 nitrogen and oxygen atoms in total. The Morgan fingerprint density at radius 1 is 0.941 bits per heavy atom. The van der Waals surface area contributed by atoms with E-state index >= 15 is 0 Å². The molecule has 0 bridgehead atoms. The average molecular weight is 470 g/mol. The maximum absolute atomic E-state index is 13.6. The standard InChI is InChI=1S/C27H20ClN3O3/c28-20-10-8-19(9-11-20)17-31-25(15-18-5-2-1-3-6-18)30-23-13-12-21(16-22(23)27(31)33)29-26(32)24-7-4-14-34-24/h1-14,16H,15,17H2,(H,29,32). The van der Waals surface area contributed by atoms with Gasteiger partial charge in [-0.25, -0.2) is 4.98 Å². The van der Waals surface area contributed by atoms with Crippen molar-refractivity contribution in [2.45, 2.75) is 13.0 Å². The molecule has 0 aliphatic carbocycles. The van der Waals surface area contributed by atoms with E-state index in [1.165, 1.54) is 6.26 Å². The van der Waals surface area contributed by atoms with E-state index in [-0.39, 0.29) is 17.2 Å². The number of hydrogen-bond donors (Lipinski definition) is 1. The zero-order valence-corrected chi connectivity index (χ0v) is 18.8. The van der Waals surface area contributed by atoms with Crippen LogP contribution in [0.4, 0.5) is 5.69 Å². The monoisotopic (exact) mass is 469 g/mol. The molecular formula is C27H20ClN3O3. The Bertz CT molecular complexity index is 1510. The van der Waals surface area contributed by atoms with E-state index < -0.39 is 0 Å². The molecule has 1 amide bonds. The van der Waals surface area contributed by atoms with Crippen molar-refractivity contribution in [3.8, 4) is 0 Å². The second-order valence-electron chi connectivity index (χ2n) is 7.87. The second-order valence-corrected chi connectivity index (χ2v) is 8.31. The summed E-state index contributed by atoms with van der Waals surface area (Å²) < 4.78 is 6.82. The van der Waals surface area contributed by atoms with Crippen LogP contribution in [0.5, 0.6) is 0 Å². The molecule has 2 aromatic heterocycles. The molecule has 0 saturated carbocycles. The van der Waals surface area contributed by atoms with Crippen LogP contribution in [0.15, 0.2) is 100 Å². The van der Waals surface area contributed by atoms with Gasteiger partial charge in [0.2, 0.25) is 0 Å². The smallest absolute Gasteiger partial charge is 0.291 e. The molecule has 34 heavy (non-hydrogen) atoms. The quantitative estimate of drug-likeness (QED) is 0.354. The molecule has 7 heteroatoms. The normalized spacial score (nSPS) is 11.0. The third kappa shape index (κ3) is 4.63. The number of carbonyl (C=O) groups excluding carboxylic acids is 1. The lowest BCUT2D eigenvalue weighted by Gasteiger charge is -2.15. The van der Waals surface area contributed by atoms with Crippen molar-refractivity contribution in [2.24, 2.45) is 0 Å². The van der Waals surface area contributed by atoms with Crippen LogP contribution in [-0.2, 0) is 13.0 Å². The van der Waals surface area contributed by atoms with Gasteiger partial charge in [0.05, 0.1) is 23.7 Å². The predicted molar refractivity (Wildman–Crippen MR) is 132 cm³/mol. The first kappa shape index (κ1) is 21.7. The summed E-state index contributed by atoms with van der Waals surface area (Å²) in [6.45, 7) is 0.351. The maximum Gasteiger partial charge on any atom is 0.291 e. The van der Waals surface area contributed by atoms with E-state index in [9.17, 15) is 9.59 Å². The van der Waals surface area contributed by atoms with Gasteiger partial charge in [-0.2, -0.15) is 0 Å². The van der Waals surface area contributed by atoms with Crippen molar-refractivity contribution in [2.75, 3.05) is 5.32 Å². The Hall–Kier alpha value is -4.16. The van der Waals surface area contributed by atoms with Crippen LogP contribution in [-0.4, -0.2) is 15.5 Å². The lowest BCUT2D eigenvalue weighted by atomic mass is 10.1. The molecule has 5 aromatic rings. The summed E-state index contributed by atoms with van der Waals surface area (Å²) >= 11 is 6.04. The number of aromatic nitrogens is 2. The third-order valence-corrected chi connectivity index (χ3v) is 5.75. The number of anilines is 1. The van der Waals surface area contributed by atoms with Crippen molar-refractivity contribution in [1.29, 1.82) is 0 Å². The SMILES string of the molecule is O=C(Nc1ccc2nc(Cc3ccccc3)n(Cc3ccc(Cl)cc3)c(=O)c2c1)c1ccco1. The van der Waals surface area contributed by atoms with Gasteiger partial charge in [-0.05, 0) is 53.6 Å². The van der Waals surface area contributed by atoms with E-state index in [1.807, 2.05) is 42.5 Å². The number of hydrogen-bond acceptors (Lipinski definition) is 4. The second kappa shape index (κ2) is 9.37. The summed E-state index contributed by atoms with van der Waals surface area (Å²) in [6, 6.07) is 25.6. The number of furan rings is 1. The topological polar surface area (TPSA) is 77.1 Å². The number of fused-ring (bicyclic) bond motifs is 1. The summed E-state index contributed by atoms with van der Waals surface area (Å²) in [5, 5.41) is 3.82. The Kier molecular flexibility index (Phi) is 5.97. The van der Waals surface area contributed by atoms with Crippen LogP contribution in [0.2, 0.25) is 5.02 Å². The zero-order valence-electron chi connectivity index (χ0n) is 18.1. The van der Waals surface area contributed by atoms with Gasteiger partial charge in [0.1, 0.15) is 5.82 Å². The highest BCUT2D eigenvalue weighted by Gasteiger charge is 2.15. The molecule has 3 aromatic carbocycles. The molecule has 0 radical (unpaired) electrons. The molecule has 168 valence electrons. The first-order chi connectivity index (χ1) is 16.6. The van der Waals surface area contributed by atoms with E-state index in [0.717, 1.165) is 11.1 Å². The van der Waals surface area contributed by atoms with Crippen molar-refractivity contribution < 1.29 is 9.21 Å². The van der Waals surface area contributed by atoms with Crippen molar-refractivity contribution in [1.82, 2.24) is 9.55 Å². The molecule has 0 aliphatic heterocycles. The van der Waals surface area contributed by atoms with Crippen LogP contribution in [0, 0.1) is 0 Å². The lowest BCUT2D eigenvalue weighted by molar-refractivity contribution is 0.0996. The maximum atomic E-state index is 13.6. The number of amides is 1. The van der Waals surface area contributed by atoms with Crippen molar-refractivity contribution in [3.05, 3.63) is 129 Å². The molecular weight excluding hydrogens is 450 g/mol. The van der Waals surface area contributed by atoms with Gasteiger partial charge < -0.3 is 9.73 Å². The zero-order chi connectivity index (χ0) is 23.5. The number of carbonyl (C=O) groups is 1. The van der Waals surface area contributed by atoms with E-state index in [2.05, 4.69) is 5.32 Å². The van der Waals surface area contributed by atoms with E-state index in [4.69, 9.17) is 21.0 Å². The number of nitrogens with zero attached hydrogens (tertiary/aromatic N) is 2. The lowest BCUT2D eigenvalue weighted by Crippen LogP contribution is -2.26. The van der Waals surface area contributed by atoms with Gasteiger partial charge in [-0.3, -0.25) is 14.2 Å². The van der Waals surface area contributed by atoms with Gasteiger partial charge in [0.15, 0.2) is 5.76 Å². The van der Waals surface area contributed by atoms with Gasteiger partial charge in [0.25, 0.3) is 11.5 Å². The number of benzene rings is 3. The van der Waals surface area contributed by atoms with Crippen molar-refractivity contribution >= 4 is 34.1 Å². The Balaban J connectivity index is 1.57. The van der Waals surface area contributed by atoms with Crippen LogP contribution >= 0.6 is 11.6 Å². The highest BCUT2D eigenvalue weighted by Crippen LogP contribution is 2.19. The number of rotatable bonds is 6. The summed E-state index contributed by atoms with van der Waals surface area (Å²) in [5.74, 6) is 0.460. The summed E-state index contributed by atoms with van der Waals surface area (Å²) in [6.07, 6.45) is 1.94. The van der Waals surface area contributed by atoms with Crippen LogP contribution < -0.4 is 10.9 Å². The average Bonchev–Trinajstić information content (AvgIpc) is 3.39. The molecule has 0 atom stereocenters. The Morgan fingerprint density at radius 3 is 2.47 bits per heavy atom. The number of nitrogens with one attached hydrogen (secondary N) is 1. The highest BCUT2D eigenvalue weighted by atomic mass is 35.5. The van der Waals surface area contributed by atoms with Crippen LogP contribution in [0.25, 0.3) is 10.9 Å². The molecule has 0 spiro atoms. The largest absolute Gasteiger partial charge is 0.459 e.